The van der Waals surface area contributed by atoms with Crippen LogP contribution in [0.25, 0.3) is 0 Å². The van der Waals surface area contributed by atoms with Gasteiger partial charge in [-0.3, -0.25) is 0 Å². The van der Waals surface area contributed by atoms with Crippen molar-refractivity contribution in [1.29, 1.82) is 0 Å². The first-order chi connectivity index (χ1) is 11.1. The first kappa shape index (κ1) is 17.2. The maximum absolute atomic E-state index is 12.0. The molecule has 122 valence electrons. The van der Waals surface area contributed by atoms with Gasteiger partial charge in [0.05, 0.1) is 11.6 Å². The highest BCUT2D eigenvalue weighted by molar-refractivity contribution is 6.32. The van der Waals surface area contributed by atoms with E-state index in [1.807, 2.05) is 49.4 Å². The van der Waals surface area contributed by atoms with Crippen molar-refractivity contribution in [2.45, 2.75) is 13.5 Å². The number of rotatable bonds is 6. The molecule has 0 spiro atoms. The fourth-order valence-electron chi connectivity index (χ4n) is 2.10. The molecule has 0 fully saturated rings. The summed E-state index contributed by atoms with van der Waals surface area (Å²) in [5.74, 6) is 0.638. The number of hydrogen-bond acceptors (Lipinski definition) is 2. The number of aryl methyl sites for hydroxylation is 1. The molecular weight excluding hydrogens is 312 g/mol. The molecular formula is C18H21ClN2O2. The van der Waals surface area contributed by atoms with E-state index in [2.05, 4.69) is 5.32 Å². The Kier molecular flexibility index (Phi) is 6.29. The summed E-state index contributed by atoms with van der Waals surface area (Å²) in [5, 5.41) is 3.40. The predicted octanol–water partition coefficient (Wildman–Crippen LogP) is 3.87. The molecule has 0 radical (unpaired) electrons. The highest BCUT2D eigenvalue weighted by atomic mass is 35.5. The molecule has 5 heteroatoms. The molecule has 0 atom stereocenters. The third kappa shape index (κ3) is 5.49. The zero-order valence-corrected chi connectivity index (χ0v) is 14.1. The van der Waals surface area contributed by atoms with Crippen molar-refractivity contribution >= 4 is 17.6 Å². The van der Waals surface area contributed by atoms with Crippen LogP contribution in [0, 0.1) is 6.92 Å². The zero-order chi connectivity index (χ0) is 16.7. The highest BCUT2D eigenvalue weighted by Gasteiger charge is 2.08. The highest BCUT2D eigenvalue weighted by Crippen LogP contribution is 2.24. The fraction of sp³-hybridized carbons (Fsp3) is 0.278. The van der Waals surface area contributed by atoms with Crippen LogP contribution in [0.1, 0.15) is 11.1 Å². The van der Waals surface area contributed by atoms with E-state index in [4.69, 9.17) is 16.3 Å². The van der Waals surface area contributed by atoms with Gasteiger partial charge in [-0.05, 0) is 30.2 Å². The number of carbonyl (C=O) groups is 1. The van der Waals surface area contributed by atoms with Gasteiger partial charge in [-0.2, -0.15) is 0 Å². The number of ether oxygens (including phenoxy) is 1. The monoisotopic (exact) mass is 332 g/mol. The number of benzene rings is 2. The summed E-state index contributed by atoms with van der Waals surface area (Å²) in [6, 6.07) is 15.3. The zero-order valence-electron chi connectivity index (χ0n) is 13.4. The van der Waals surface area contributed by atoms with Crippen molar-refractivity contribution in [3.8, 4) is 5.75 Å². The average molecular weight is 333 g/mol. The van der Waals surface area contributed by atoms with Crippen LogP contribution in [0.2, 0.25) is 5.02 Å². The normalized spacial score (nSPS) is 10.2. The molecule has 0 bridgehead atoms. The van der Waals surface area contributed by atoms with Gasteiger partial charge in [-0.15, -0.1) is 0 Å². The van der Waals surface area contributed by atoms with Crippen LogP contribution in [-0.2, 0) is 6.54 Å². The summed E-state index contributed by atoms with van der Waals surface area (Å²) in [6.45, 7) is 3.33. The first-order valence-electron chi connectivity index (χ1n) is 7.48. The standard InChI is InChI=1S/C18H21ClN2O2/c1-14-8-9-16(19)17(12-14)23-11-10-20-18(22)21(2)13-15-6-4-3-5-7-15/h3-9,12H,10-11,13H2,1-2H3,(H,20,22). The molecule has 2 amide bonds. The lowest BCUT2D eigenvalue weighted by Crippen LogP contribution is -2.38. The van der Waals surface area contributed by atoms with E-state index in [0.29, 0.717) is 30.5 Å². The Balaban J connectivity index is 1.73. The van der Waals surface area contributed by atoms with E-state index < -0.39 is 0 Å². The van der Waals surface area contributed by atoms with Crippen LogP contribution in [0.3, 0.4) is 0 Å². The minimum absolute atomic E-state index is 0.132. The lowest BCUT2D eigenvalue weighted by molar-refractivity contribution is 0.203. The van der Waals surface area contributed by atoms with Crippen LogP contribution < -0.4 is 10.1 Å². The molecule has 2 aromatic carbocycles. The molecule has 0 unspecified atom stereocenters. The van der Waals surface area contributed by atoms with Crippen LogP contribution >= 0.6 is 11.6 Å². The second-order valence-corrected chi connectivity index (χ2v) is 5.76. The Morgan fingerprint density at radius 3 is 2.70 bits per heavy atom. The lowest BCUT2D eigenvalue weighted by Gasteiger charge is -2.18. The van der Waals surface area contributed by atoms with Gasteiger partial charge in [0.25, 0.3) is 0 Å². The van der Waals surface area contributed by atoms with E-state index in [-0.39, 0.29) is 6.03 Å². The molecule has 0 heterocycles. The molecule has 0 aliphatic rings. The second kappa shape index (κ2) is 8.44. The second-order valence-electron chi connectivity index (χ2n) is 5.36. The van der Waals surface area contributed by atoms with Gasteiger partial charge in [-0.25, -0.2) is 4.79 Å². The number of amides is 2. The quantitative estimate of drug-likeness (QED) is 0.816. The SMILES string of the molecule is Cc1ccc(Cl)c(OCCNC(=O)N(C)Cc2ccccc2)c1. The van der Waals surface area contributed by atoms with E-state index in [0.717, 1.165) is 11.1 Å². The Bertz CT molecular complexity index is 647. The van der Waals surface area contributed by atoms with E-state index >= 15 is 0 Å². The molecule has 23 heavy (non-hydrogen) atoms. The molecule has 2 rings (SSSR count). The summed E-state index contributed by atoms with van der Waals surface area (Å²) in [5.41, 5.74) is 2.17. The Hall–Kier alpha value is -2.20. The number of carbonyl (C=O) groups excluding carboxylic acids is 1. The summed E-state index contributed by atoms with van der Waals surface area (Å²) >= 11 is 6.06. The minimum Gasteiger partial charge on any atom is -0.490 e. The van der Waals surface area contributed by atoms with Crippen LogP contribution in [0.15, 0.2) is 48.5 Å². The third-order valence-corrected chi connectivity index (χ3v) is 3.64. The van der Waals surface area contributed by atoms with Crippen molar-refractivity contribution in [2.75, 3.05) is 20.2 Å². The summed E-state index contributed by atoms with van der Waals surface area (Å²) in [6.07, 6.45) is 0. The lowest BCUT2D eigenvalue weighted by atomic mass is 10.2. The number of hydrogen-bond donors (Lipinski definition) is 1. The molecule has 0 aliphatic heterocycles. The maximum atomic E-state index is 12.0. The largest absolute Gasteiger partial charge is 0.490 e. The molecule has 4 nitrogen and oxygen atoms in total. The smallest absolute Gasteiger partial charge is 0.317 e. The number of nitrogens with one attached hydrogen (secondary N) is 1. The molecule has 0 aliphatic carbocycles. The van der Waals surface area contributed by atoms with Crippen LogP contribution in [0.5, 0.6) is 5.75 Å². The van der Waals surface area contributed by atoms with Crippen molar-refractivity contribution < 1.29 is 9.53 Å². The number of nitrogens with zero attached hydrogens (tertiary/aromatic N) is 1. The van der Waals surface area contributed by atoms with Gasteiger partial charge < -0.3 is 15.0 Å². The van der Waals surface area contributed by atoms with Gasteiger partial charge in [-0.1, -0.05) is 48.0 Å². The molecule has 0 aromatic heterocycles. The fourth-order valence-corrected chi connectivity index (χ4v) is 2.28. The van der Waals surface area contributed by atoms with Crippen molar-refractivity contribution in [2.24, 2.45) is 0 Å². The number of urea groups is 1. The maximum Gasteiger partial charge on any atom is 0.317 e. The summed E-state index contributed by atoms with van der Waals surface area (Å²) in [7, 11) is 1.76. The predicted molar refractivity (Wildman–Crippen MR) is 93.0 cm³/mol. The molecule has 1 N–H and O–H groups in total. The van der Waals surface area contributed by atoms with E-state index in [1.165, 1.54) is 0 Å². The van der Waals surface area contributed by atoms with Gasteiger partial charge >= 0.3 is 6.03 Å². The summed E-state index contributed by atoms with van der Waals surface area (Å²) in [4.78, 5) is 13.6. The minimum atomic E-state index is -0.132. The molecule has 0 saturated heterocycles. The van der Waals surface area contributed by atoms with E-state index in [9.17, 15) is 4.79 Å². The Labute approximate surface area is 142 Å². The topological polar surface area (TPSA) is 41.6 Å². The Morgan fingerprint density at radius 1 is 1.22 bits per heavy atom. The number of halogens is 1. The van der Waals surface area contributed by atoms with Gasteiger partial charge in [0.15, 0.2) is 0 Å². The van der Waals surface area contributed by atoms with Crippen molar-refractivity contribution in [3.63, 3.8) is 0 Å². The van der Waals surface area contributed by atoms with Gasteiger partial charge in [0, 0.05) is 13.6 Å². The van der Waals surface area contributed by atoms with Crippen LogP contribution in [0.4, 0.5) is 4.79 Å². The average Bonchev–Trinajstić information content (AvgIpc) is 2.55. The molecule has 0 saturated carbocycles. The van der Waals surface area contributed by atoms with E-state index in [1.54, 1.807) is 18.0 Å². The van der Waals surface area contributed by atoms with Gasteiger partial charge in [0.1, 0.15) is 12.4 Å². The Morgan fingerprint density at radius 2 is 1.96 bits per heavy atom. The van der Waals surface area contributed by atoms with Crippen LogP contribution in [-0.4, -0.2) is 31.1 Å². The third-order valence-electron chi connectivity index (χ3n) is 3.33. The summed E-state index contributed by atoms with van der Waals surface area (Å²) < 4.78 is 5.60. The van der Waals surface area contributed by atoms with Crippen molar-refractivity contribution in [1.82, 2.24) is 10.2 Å². The molecule has 2 aromatic rings. The van der Waals surface area contributed by atoms with Gasteiger partial charge in [0.2, 0.25) is 0 Å². The van der Waals surface area contributed by atoms with Crippen molar-refractivity contribution in [3.05, 3.63) is 64.7 Å². The first-order valence-corrected chi connectivity index (χ1v) is 7.86.